The highest BCUT2D eigenvalue weighted by Crippen LogP contribution is 2.38. The molecule has 6 heteroatoms. The number of aliphatic carboxylic acids is 1. The van der Waals surface area contributed by atoms with E-state index in [4.69, 9.17) is 16.7 Å². The summed E-state index contributed by atoms with van der Waals surface area (Å²) in [6.45, 7) is 0.591. The minimum Gasteiger partial charge on any atom is -0.479 e. The molecule has 1 fully saturated rings. The van der Waals surface area contributed by atoms with E-state index in [1.165, 1.54) is 6.33 Å². The first-order valence-electron chi connectivity index (χ1n) is 4.30. The number of carbonyl (C=O) groups is 1. The molecule has 0 bridgehead atoms. The Kier molecular flexibility index (Phi) is 2.20. The Balaban J connectivity index is 2.32. The fourth-order valence-electron chi connectivity index (χ4n) is 1.76. The van der Waals surface area contributed by atoms with Crippen molar-refractivity contribution in [2.75, 3.05) is 6.54 Å². The van der Waals surface area contributed by atoms with Gasteiger partial charge in [0, 0.05) is 12.1 Å². The maximum absolute atomic E-state index is 11.0. The van der Waals surface area contributed by atoms with Crippen molar-refractivity contribution in [2.45, 2.75) is 17.3 Å². The van der Waals surface area contributed by atoms with Crippen LogP contribution in [0.4, 0.5) is 0 Å². The largest absolute Gasteiger partial charge is 0.479 e. The smallest absolute Gasteiger partial charge is 0.340 e. The third-order valence-electron chi connectivity index (χ3n) is 2.48. The number of hydrogen-bond donors (Lipinski definition) is 3. The number of hydrogen-bond acceptors (Lipinski definition) is 3. The van der Waals surface area contributed by atoms with Crippen LogP contribution in [0.5, 0.6) is 0 Å². The van der Waals surface area contributed by atoms with E-state index >= 15 is 0 Å². The van der Waals surface area contributed by atoms with Crippen LogP contribution in [-0.2, 0) is 4.79 Å². The molecule has 2 heterocycles. The van der Waals surface area contributed by atoms with Crippen molar-refractivity contribution in [3.63, 3.8) is 0 Å². The van der Waals surface area contributed by atoms with E-state index in [1.54, 1.807) is 6.20 Å². The summed E-state index contributed by atoms with van der Waals surface area (Å²) in [7, 11) is 0. The van der Waals surface area contributed by atoms with Crippen LogP contribution in [0.2, 0.25) is 0 Å². The summed E-state index contributed by atoms with van der Waals surface area (Å²) in [4.78, 5) is 16.4. The maximum atomic E-state index is 11.0. The molecular weight excluding hydrogens is 206 g/mol. The van der Waals surface area contributed by atoms with Gasteiger partial charge >= 0.3 is 5.97 Å². The molecular formula is C8H10ClN3O2. The number of carboxylic acid groups (broad SMARTS) is 1. The van der Waals surface area contributed by atoms with Gasteiger partial charge < -0.3 is 10.1 Å². The highest BCUT2D eigenvalue weighted by Gasteiger charge is 2.49. The predicted molar refractivity (Wildman–Crippen MR) is 50.2 cm³/mol. The van der Waals surface area contributed by atoms with Gasteiger partial charge in [-0.2, -0.15) is 0 Å². The van der Waals surface area contributed by atoms with Crippen molar-refractivity contribution in [3.05, 3.63) is 18.2 Å². The minimum absolute atomic E-state index is 0.284. The lowest BCUT2D eigenvalue weighted by atomic mass is 9.97. The quantitative estimate of drug-likeness (QED) is 0.496. The molecule has 0 amide bonds. The normalized spacial score (nSPS) is 31.9. The van der Waals surface area contributed by atoms with Gasteiger partial charge in [0.15, 0.2) is 5.00 Å². The molecule has 1 saturated heterocycles. The maximum Gasteiger partial charge on any atom is 0.340 e. The fraction of sp³-hybridized carbons (Fsp3) is 0.500. The molecule has 3 N–H and O–H groups in total. The number of alkyl halides is 1. The zero-order valence-electron chi connectivity index (χ0n) is 7.33. The lowest BCUT2D eigenvalue weighted by Gasteiger charge is -2.22. The topological polar surface area (TPSA) is 78.0 Å². The number of halogens is 1. The van der Waals surface area contributed by atoms with Gasteiger partial charge in [0.2, 0.25) is 0 Å². The van der Waals surface area contributed by atoms with Crippen molar-refractivity contribution in [1.29, 1.82) is 0 Å². The average Bonchev–Trinajstić information content (AvgIpc) is 2.72. The Bertz CT molecular complexity index is 340. The van der Waals surface area contributed by atoms with Gasteiger partial charge in [-0.3, -0.25) is 5.32 Å². The summed E-state index contributed by atoms with van der Waals surface area (Å²) >= 11 is 6.00. The highest BCUT2D eigenvalue weighted by molar-refractivity contribution is 6.34. The Morgan fingerprint density at radius 1 is 1.79 bits per heavy atom. The van der Waals surface area contributed by atoms with Gasteiger partial charge in [-0.25, -0.2) is 9.78 Å². The molecule has 1 aromatic rings. The summed E-state index contributed by atoms with van der Waals surface area (Å²) in [5.41, 5.74) is 0.687. The fourth-order valence-corrected chi connectivity index (χ4v) is 2.07. The van der Waals surface area contributed by atoms with Crippen LogP contribution in [0.1, 0.15) is 18.0 Å². The van der Waals surface area contributed by atoms with E-state index in [9.17, 15) is 4.79 Å². The molecule has 0 radical (unpaired) electrons. The summed E-state index contributed by atoms with van der Waals surface area (Å²) in [6, 6.07) is 0. The first kappa shape index (κ1) is 9.48. The van der Waals surface area contributed by atoms with Crippen LogP contribution in [0, 0.1) is 0 Å². The first-order valence-corrected chi connectivity index (χ1v) is 4.68. The third-order valence-corrected chi connectivity index (χ3v) is 3.04. The Hall–Kier alpha value is -1.07. The zero-order valence-corrected chi connectivity index (χ0v) is 8.08. The van der Waals surface area contributed by atoms with E-state index in [-0.39, 0.29) is 5.92 Å². The SMILES string of the molecule is O=C(O)[C@@]1(Cl)NCCC1c1c[nH]cn1. The van der Waals surface area contributed by atoms with Crippen LogP contribution in [-0.4, -0.2) is 32.6 Å². The standard InChI is InChI=1S/C8H10ClN3O2/c9-8(7(13)14)5(1-2-12-8)6-3-10-4-11-6/h3-5,12H,1-2H2,(H,10,11)(H,13,14)/t5?,8-/m0/s1. The molecule has 0 aliphatic carbocycles. The number of aromatic nitrogens is 2. The van der Waals surface area contributed by atoms with Crippen LogP contribution >= 0.6 is 11.6 Å². The van der Waals surface area contributed by atoms with E-state index < -0.39 is 11.0 Å². The molecule has 1 aliphatic heterocycles. The van der Waals surface area contributed by atoms with Crippen molar-refractivity contribution in [2.24, 2.45) is 0 Å². The molecule has 2 atom stereocenters. The van der Waals surface area contributed by atoms with E-state index in [0.29, 0.717) is 18.7 Å². The predicted octanol–water partition coefficient (Wildman–Crippen LogP) is 0.506. The molecule has 1 aliphatic rings. The monoisotopic (exact) mass is 215 g/mol. The zero-order chi connectivity index (χ0) is 10.2. The number of nitrogens with one attached hydrogen (secondary N) is 2. The molecule has 0 aromatic carbocycles. The van der Waals surface area contributed by atoms with Gasteiger partial charge in [-0.15, -0.1) is 0 Å². The second kappa shape index (κ2) is 3.25. The van der Waals surface area contributed by atoms with Crippen LogP contribution in [0.25, 0.3) is 0 Å². The number of rotatable bonds is 2. The molecule has 76 valence electrons. The van der Waals surface area contributed by atoms with Gasteiger partial charge in [0.1, 0.15) is 0 Å². The van der Waals surface area contributed by atoms with E-state index in [2.05, 4.69) is 15.3 Å². The highest BCUT2D eigenvalue weighted by atomic mass is 35.5. The number of nitrogens with zero attached hydrogens (tertiary/aromatic N) is 1. The molecule has 2 rings (SSSR count). The van der Waals surface area contributed by atoms with Crippen LogP contribution < -0.4 is 5.32 Å². The van der Waals surface area contributed by atoms with Crippen molar-refractivity contribution < 1.29 is 9.90 Å². The number of H-pyrrole nitrogens is 1. The molecule has 0 saturated carbocycles. The van der Waals surface area contributed by atoms with Gasteiger partial charge in [0.25, 0.3) is 0 Å². The second-order valence-electron chi connectivity index (χ2n) is 3.28. The van der Waals surface area contributed by atoms with E-state index in [1.807, 2.05) is 0 Å². The van der Waals surface area contributed by atoms with Gasteiger partial charge in [-0.1, -0.05) is 11.6 Å². The number of carboxylic acids is 1. The molecule has 1 aromatic heterocycles. The molecule has 5 nitrogen and oxygen atoms in total. The third kappa shape index (κ3) is 1.29. The molecule has 1 unspecified atom stereocenters. The minimum atomic E-state index is -1.41. The lowest BCUT2D eigenvalue weighted by molar-refractivity contribution is -0.141. The Labute approximate surface area is 85.5 Å². The van der Waals surface area contributed by atoms with Crippen molar-refractivity contribution in [3.8, 4) is 0 Å². The second-order valence-corrected chi connectivity index (χ2v) is 3.88. The number of aromatic amines is 1. The summed E-state index contributed by atoms with van der Waals surface area (Å²) in [6.07, 6.45) is 3.88. The summed E-state index contributed by atoms with van der Waals surface area (Å²) in [5.74, 6) is -1.34. The van der Waals surface area contributed by atoms with Crippen molar-refractivity contribution in [1.82, 2.24) is 15.3 Å². The Morgan fingerprint density at radius 2 is 2.57 bits per heavy atom. The summed E-state index contributed by atoms with van der Waals surface area (Å²) < 4.78 is 0. The number of imidazole rings is 1. The van der Waals surface area contributed by atoms with Crippen LogP contribution in [0.15, 0.2) is 12.5 Å². The van der Waals surface area contributed by atoms with Gasteiger partial charge in [-0.05, 0) is 13.0 Å². The lowest BCUT2D eigenvalue weighted by Crippen LogP contribution is -2.45. The average molecular weight is 216 g/mol. The van der Waals surface area contributed by atoms with Crippen molar-refractivity contribution >= 4 is 17.6 Å². The summed E-state index contributed by atoms with van der Waals surface area (Å²) in [5, 5.41) is 11.8. The first-order chi connectivity index (χ1) is 6.64. The van der Waals surface area contributed by atoms with Crippen LogP contribution in [0.3, 0.4) is 0 Å². The molecule has 14 heavy (non-hydrogen) atoms. The Morgan fingerprint density at radius 3 is 3.14 bits per heavy atom. The molecule has 0 spiro atoms. The van der Waals surface area contributed by atoms with E-state index in [0.717, 1.165) is 0 Å². The van der Waals surface area contributed by atoms with Gasteiger partial charge in [0.05, 0.1) is 12.0 Å².